The van der Waals surface area contributed by atoms with Crippen molar-refractivity contribution in [2.75, 3.05) is 34.9 Å². The fourth-order valence-corrected chi connectivity index (χ4v) is 7.73. The summed E-state index contributed by atoms with van der Waals surface area (Å²) in [7, 11) is 7.01. The second kappa shape index (κ2) is 18.3. The minimum atomic E-state index is -0.903. The maximum absolute atomic E-state index is 13.4. The van der Waals surface area contributed by atoms with Gasteiger partial charge in [0.25, 0.3) is 0 Å². The third-order valence-corrected chi connectivity index (χ3v) is 10.8. The maximum atomic E-state index is 13.4. The van der Waals surface area contributed by atoms with Crippen LogP contribution < -0.4 is 4.90 Å². The molecule has 0 spiro atoms. The number of cyclic esters (lactones) is 1. The van der Waals surface area contributed by atoms with Gasteiger partial charge in [-0.15, -0.1) is 0 Å². The molecule has 0 unspecified atom stereocenters. The number of aliphatic hydroxyl groups is 2. The van der Waals surface area contributed by atoms with Crippen molar-refractivity contribution in [2.45, 2.75) is 140 Å². The van der Waals surface area contributed by atoms with Gasteiger partial charge in [0, 0.05) is 44.5 Å². The first-order chi connectivity index (χ1) is 23.7. The highest BCUT2D eigenvalue weighted by Crippen LogP contribution is 2.37. The van der Waals surface area contributed by atoms with E-state index in [-0.39, 0.29) is 54.5 Å². The Labute approximate surface area is 297 Å². The zero-order chi connectivity index (χ0) is 36.9. The van der Waals surface area contributed by atoms with Crippen LogP contribution in [-0.4, -0.2) is 137 Å². The van der Waals surface area contributed by atoms with Crippen LogP contribution >= 0.6 is 0 Å². The van der Waals surface area contributed by atoms with Crippen molar-refractivity contribution in [1.29, 1.82) is 0 Å². The van der Waals surface area contributed by atoms with Crippen molar-refractivity contribution < 1.29 is 62.6 Å². The monoisotopic (exact) mass is 712 g/mol. The Kier molecular flexibility index (Phi) is 15.0. The van der Waals surface area contributed by atoms with Gasteiger partial charge in [-0.25, -0.2) is 4.79 Å². The van der Waals surface area contributed by atoms with E-state index < -0.39 is 67.2 Å². The number of methoxy groups -OCH3 is 2. The lowest BCUT2D eigenvalue weighted by molar-refractivity contribution is -0.893. The summed E-state index contributed by atoms with van der Waals surface area (Å²) in [5, 5.41) is 21.8. The topological polar surface area (TPSA) is 156 Å². The second-order valence-corrected chi connectivity index (χ2v) is 15.0. The molecule has 0 saturated carbocycles. The molecule has 4 aliphatic rings. The predicted molar refractivity (Wildman–Crippen MR) is 182 cm³/mol. The number of carbonyl (C=O) groups is 2. The van der Waals surface area contributed by atoms with Crippen LogP contribution in [0.25, 0.3) is 0 Å². The molecule has 50 heavy (non-hydrogen) atoms. The first-order valence-electron chi connectivity index (χ1n) is 18.3. The molecule has 0 aromatic rings. The molecule has 3 saturated heterocycles. The van der Waals surface area contributed by atoms with E-state index in [1.807, 2.05) is 48.7 Å². The van der Waals surface area contributed by atoms with Gasteiger partial charge < -0.3 is 53.0 Å². The lowest BCUT2D eigenvalue weighted by Crippen LogP contribution is -3.12. The summed E-state index contributed by atoms with van der Waals surface area (Å²) in [5.74, 6) is -1.64. The molecular weight excluding hydrogens is 650 g/mol. The van der Waals surface area contributed by atoms with Gasteiger partial charge >= 0.3 is 5.97 Å². The van der Waals surface area contributed by atoms with Crippen molar-refractivity contribution in [2.24, 2.45) is 23.7 Å². The van der Waals surface area contributed by atoms with Crippen molar-refractivity contribution in [1.82, 2.24) is 0 Å². The van der Waals surface area contributed by atoms with Gasteiger partial charge in [-0.1, -0.05) is 33.8 Å². The molecule has 286 valence electrons. The van der Waals surface area contributed by atoms with Crippen molar-refractivity contribution >= 4 is 11.8 Å². The lowest BCUT2D eigenvalue weighted by Gasteiger charge is -2.42. The molecule has 13 nitrogen and oxygen atoms in total. The van der Waals surface area contributed by atoms with Crippen LogP contribution in [0.5, 0.6) is 0 Å². The highest BCUT2D eigenvalue weighted by atomic mass is 16.7. The van der Waals surface area contributed by atoms with Gasteiger partial charge in [-0.05, 0) is 44.8 Å². The molecule has 4 rings (SSSR count). The number of hydrogen-bond acceptors (Lipinski definition) is 12. The molecule has 0 aromatic carbocycles. The van der Waals surface area contributed by atoms with E-state index in [2.05, 4.69) is 0 Å². The Morgan fingerprint density at radius 3 is 2.20 bits per heavy atom. The van der Waals surface area contributed by atoms with Gasteiger partial charge in [0.15, 0.2) is 24.5 Å². The number of quaternary nitrogens is 1. The number of nitrogens with one attached hydrogen (secondary N) is 1. The fourth-order valence-electron chi connectivity index (χ4n) is 7.73. The third kappa shape index (κ3) is 10.00. The molecule has 0 radical (unpaired) electrons. The number of fused-ring (bicyclic) bond motifs is 1. The predicted octanol–water partition coefficient (Wildman–Crippen LogP) is 1.23. The maximum Gasteiger partial charge on any atom is 0.330 e. The van der Waals surface area contributed by atoms with E-state index in [1.165, 1.54) is 20.3 Å². The van der Waals surface area contributed by atoms with Crippen LogP contribution in [0.4, 0.5) is 0 Å². The molecule has 3 fully saturated rings. The average molecular weight is 713 g/mol. The van der Waals surface area contributed by atoms with Crippen LogP contribution in [0.15, 0.2) is 24.3 Å². The van der Waals surface area contributed by atoms with Crippen LogP contribution in [0.3, 0.4) is 0 Å². The number of carbonyl (C=O) groups excluding carboxylic acids is 2. The first kappa shape index (κ1) is 41.0. The number of aliphatic hydroxyl groups excluding tert-OH is 2. The first-order valence-corrected chi connectivity index (χ1v) is 18.3. The van der Waals surface area contributed by atoms with Gasteiger partial charge in [0.05, 0.1) is 45.1 Å². The van der Waals surface area contributed by atoms with Crippen molar-refractivity contribution in [3.63, 3.8) is 0 Å². The largest absolute Gasteiger partial charge is 0.459 e. The lowest BCUT2D eigenvalue weighted by atomic mass is 9.84. The SMILES string of the molecule is CC[C@H]1OC(=O)/C=C/[C@H](C)[C@@H](O[C@@H]2O[C@H](C)C[C@H]([NH+](C)C)[C@H]2O)[C@@H](C)C[C@@H](C)C(=O)/C=C/[C@@H]2O[C@H]2[C@@H]1CO[C@@H]1O[C@H](C)[C@@H](O)[C@@H](OC)[C@H]1OC. The Morgan fingerprint density at radius 1 is 0.860 bits per heavy atom. The molecule has 17 atom stereocenters. The number of epoxide rings is 1. The van der Waals surface area contributed by atoms with Gasteiger partial charge in [0.1, 0.15) is 36.6 Å². The minimum absolute atomic E-state index is 0.0260. The van der Waals surface area contributed by atoms with Gasteiger partial charge in [-0.2, -0.15) is 0 Å². The summed E-state index contributed by atoms with van der Waals surface area (Å²) in [6.45, 7) is 11.6. The summed E-state index contributed by atoms with van der Waals surface area (Å²) in [5.41, 5.74) is 0. The van der Waals surface area contributed by atoms with Crippen LogP contribution in [0.1, 0.15) is 60.8 Å². The third-order valence-electron chi connectivity index (χ3n) is 10.8. The van der Waals surface area contributed by atoms with Crippen LogP contribution in [0, 0.1) is 23.7 Å². The quantitative estimate of drug-likeness (QED) is 0.233. The van der Waals surface area contributed by atoms with E-state index in [4.69, 9.17) is 37.9 Å². The Morgan fingerprint density at radius 2 is 1.56 bits per heavy atom. The second-order valence-electron chi connectivity index (χ2n) is 15.0. The van der Waals surface area contributed by atoms with E-state index in [0.717, 1.165) is 4.90 Å². The average Bonchev–Trinajstić information content (AvgIpc) is 3.85. The molecule has 3 N–H and O–H groups in total. The van der Waals surface area contributed by atoms with E-state index in [9.17, 15) is 19.8 Å². The highest BCUT2D eigenvalue weighted by Gasteiger charge is 2.50. The fraction of sp³-hybridized carbons (Fsp3) is 0.838. The summed E-state index contributed by atoms with van der Waals surface area (Å²) >= 11 is 0. The Balaban J connectivity index is 1.56. The molecule has 0 aliphatic carbocycles. The molecule has 0 bridgehead atoms. The van der Waals surface area contributed by atoms with Gasteiger partial charge in [0.2, 0.25) is 0 Å². The van der Waals surface area contributed by atoms with E-state index >= 15 is 0 Å². The zero-order valence-corrected chi connectivity index (χ0v) is 31.4. The summed E-state index contributed by atoms with van der Waals surface area (Å²) < 4.78 is 48.1. The van der Waals surface area contributed by atoms with E-state index in [1.54, 1.807) is 25.2 Å². The van der Waals surface area contributed by atoms with Crippen LogP contribution in [-0.2, 0) is 47.5 Å². The molecule has 0 amide bonds. The zero-order valence-electron chi connectivity index (χ0n) is 31.4. The molecule has 13 heteroatoms. The number of hydrogen-bond donors (Lipinski definition) is 3. The van der Waals surface area contributed by atoms with Crippen molar-refractivity contribution in [3.05, 3.63) is 24.3 Å². The van der Waals surface area contributed by atoms with Crippen LogP contribution in [0.2, 0.25) is 0 Å². The van der Waals surface area contributed by atoms with Gasteiger partial charge in [-0.3, -0.25) is 4.79 Å². The van der Waals surface area contributed by atoms with E-state index in [0.29, 0.717) is 19.3 Å². The number of rotatable bonds is 9. The molecular formula is C37H62NO12+. The summed E-state index contributed by atoms with van der Waals surface area (Å²) in [6, 6.07) is -0.0606. The number of likely N-dealkylation sites (N-methyl/N-ethyl adjacent to an activating group) is 1. The number of ketones is 1. The highest BCUT2D eigenvalue weighted by molar-refractivity contribution is 5.91. The number of esters is 1. The number of ether oxygens (including phenoxy) is 8. The number of allylic oxidation sites excluding steroid dienone is 1. The minimum Gasteiger partial charge on any atom is -0.459 e. The summed E-state index contributed by atoms with van der Waals surface area (Å²) in [6.07, 6.45) is 1.01. The smallest absolute Gasteiger partial charge is 0.330 e. The molecule has 4 heterocycles. The molecule has 4 aliphatic heterocycles. The standard InChI is InChI=1S/C37H61NO12/c1-11-27-24(18-45-37-35(44-10)34(43-9)30(41)23(6)47-37)33-28(49-33)14-13-26(39)20(3)16-21(4)32(19(2)12-15-29(40)48-27)50-36-31(42)25(38(7)8)17-22(5)46-36/h12-15,19-25,27-28,30-37,41-42H,11,16-18H2,1-10H3/p+1/b14-13+,15-12+/t19-,20+,21-,22+,23+,24+,25-,27+,28-,30+,31+,32+,33-,34+,35+,36-,37+/m0/s1. The molecule has 0 aromatic heterocycles. The Bertz CT molecular complexity index is 1170. The summed E-state index contributed by atoms with van der Waals surface area (Å²) in [4.78, 5) is 27.8. The Hall–Kier alpha value is -1.78. The normalized spacial score (nSPS) is 46.2. The van der Waals surface area contributed by atoms with Crippen molar-refractivity contribution in [3.8, 4) is 0 Å².